The fourth-order valence-corrected chi connectivity index (χ4v) is 8.48. The van der Waals surface area contributed by atoms with Gasteiger partial charge >= 0.3 is 6.09 Å². The summed E-state index contributed by atoms with van der Waals surface area (Å²) in [5.41, 5.74) is 4.59. The van der Waals surface area contributed by atoms with E-state index in [0.717, 1.165) is 4.90 Å². The van der Waals surface area contributed by atoms with Crippen LogP contribution >= 0.6 is 23.4 Å². The number of benzene rings is 1. The molecule has 4 aliphatic rings. The molecule has 1 aromatic carbocycles. The molecule has 1 aliphatic carbocycles. The normalized spacial score (nSPS) is 25.8. The molecule has 0 saturated carbocycles. The number of amides is 2. The zero-order valence-corrected chi connectivity index (χ0v) is 29.2. The van der Waals surface area contributed by atoms with Gasteiger partial charge in [0.2, 0.25) is 17.5 Å². The van der Waals surface area contributed by atoms with E-state index in [9.17, 15) is 19.2 Å². The van der Waals surface area contributed by atoms with Gasteiger partial charge in [-0.15, -0.1) is 11.8 Å². The summed E-state index contributed by atoms with van der Waals surface area (Å²) in [5.74, 6) is -1.81. The first-order valence-electron chi connectivity index (χ1n) is 14.8. The Morgan fingerprint density at radius 2 is 1.80 bits per heavy atom. The number of primary amides is 1. The molecule has 0 spiro atoms. The maximum absolute atomic E-state index is 14.5. The lowest BCUT2D eigenvalue weighted by molar-refractivity contribution is -0.152. The molecule has 2 N–H and O–H groups in total. The topological polar surface area (TPSA) is 137 Å². The van der Waals surface area contributed by atoms with Gasteiger partial charge in [0.15, 0.2) is 19.8 Å². The zero-order chi connectivity index (χ0) is 33.1. The Morgan fingerprint density at radius 1 is 1.13 bits per heavy atom. The average Bonchev–Trinajstić information content (AvgIpc) is 3.48. The van der Waals surface area contributed by atoms with Crippen molar-refractivity contribution in [1.29, 1.82) is 0 Å². The molecule has 0 unspecified atom stereocenters. The van der Waals surface area contributed by atoms with Crippen LogP contribution in [0.25, 0.3) is 0 Å². The first-order chi connectivity index (χ1) is 21.1. The van der Waals surface area contributed by atoms with Crippen LogP contribution in [0.4, 0.5) is 4.79 Å². The summed E-state index contributed by atoms with van der Waals surface area (Å²) in [7, 11) is -0.625. The van der Waals surface area contributed by atoms with Crippen LogP contribution in [0.2, 0.25) is 23.2 Å². The molecule has 0 aromatic heterocycles. The Labute approximate surface area is 273 Å². The number of hydrogen-bond acceptors (Lipinski definition) is 10. The minimum Gasteiger partial charge on any atom is -0.487 e. The second kappa shape index (κ2) is 12.1. The van der Waals surface area contributed by atoms with E-state index < -0.39 is 37.9 Å². The molecular formula is C31H40ClN3O8SSi. The largest absolute Gasteiger partial charge is 0.487 e. The van der Waals surface area contributed by atoms with Crippen molar-refractivity contribution in [2.24, 2.45) is 11.7 Å². The van der Waals surface area contributed by atoms with Gasteiger partial charge in [0.05, 0.1) is 29.8 Å². The Morgan fingerprint density at radius 3 is 2.38 bits per heavy atom. The van der Waals surface area contributed by atoms with Crippen LogP contribution in [0.3, 0.4) is 0 Å². The molecule has 0 bridgehead atoms. The van der Waals surface area contributed by atoms with Crippen LogP contribution in [0.15, 0.2) is 51.8 Å². The number of carbonyl (C=O) groups excluding carboxylic acids is 4. The number of piperazine rings is 1. The molecular weight excluding hydrogens is 638 g/mol. The Hall–Kier alpha value is -2.84. The average molecular weight is 678 g/mol. The van der Waals surface area contributed by atoms with Crippen LogP contribution in [-0.2, 0) is 33.0 Å². The van der Waals surface area contributed by atoms with Gasteiger partial charge in [-0.1, -0.05) is 32.4 Å². The predicted molar refractivity (Wildman–Crippen MR) is 171 cm³/mol. The van der Waals surface area contributed by atoms with E-state index >= 15 is 0 Å². The summed E-state index contributed by atoms with van der Waals surface area (Å²) in [4.78, 5) is 57.4. The molecule has 5 rings (SSSR count). The molecule has 2 fully saturated rings. The van der Waals surface area contributed by atoms with E-state index in [4.69, 9.17) is 36.0 Å². The molecule has 45 heavy (non-hydrogen) atoms. The predicted octanol–water partition coefficient (Wildman–Crippen LogP) is 4.11. The molecule has 244 valence electrons. The van der Waals surface area contributed by atoms with E-state index in [1.165, 1.54) is 25.8 Å². The fourth-order valence-electron chi connectivity index (χ4n) is 6.42. The van der Waals surface area contributed by atoms with Crippen LogP contribution in [0.1, 0.15) is 27.7 Å². The number of fused-ring (bicyclic) bond motifs is 4. The number of halogens is 1. The lowest BCUT2D eigenvalue weighted by atomic mass is 9.83. The minimum absolute atomic E-state index is 0.0182. The van der Waals surface area contributed by atoms with Crippen LogP contribution in [0.5, 0.6) is 0 Å². The Bertz CT molecular complexity index is 1490. The molecule has 1 aromatic rings. The Kier molecular flexibility index (Phi) is 8.99. The van der Waals surface area contributed by atoms with E-state index in [1.807, 2.05) is 12.1 Å². The highest BCUT2D eigenvalue weighted by molar-refractivity contribution is 7.99. The second-order valence-corrected chi connectivity index (χ2v) is 19.4. The number of thioether (sulfide) groups is 1. The van der Waals surface area contributed by atoms with Crippen molar-refractivity contribution in [3.63, 3.8) is 0 Å². The van der Waals surface area contributed by atoms with Crippen molar-refractivity contribution in [3.8, 4) is 0 Å². The number of Topliss-reactive ketones (excluding diaryl/α,β-unsaturated/α-hetero) is 2. The van der Waals surface area contributed by atoms with Crippen molar-refractivity contribution >= 4 is 55.2 Å². The highest BCUT2D eigenvalue weighted by atomic mass is 35.5. The van der Waals surface area contributed by atoms with E-state index in [-0.39, 0.29) is 77.5 Å². The van der Waals surface area contributed by atoms with Gasteiger partial charge in [-0.3, -0.25) is 14.4 Å². The maximum Gasteiger partial charge on any atom is 0.404 e. The third-order valence-electron chi connectivity index (χ3n) is 9.61. The van der Waals surface area contributed by atoms with Crippen molar-refractivity contribution in [1.82, 2.24) is 9.80 Å². The molecule has 3 heterocycles. The summed E-state index contributed by atoms with van der Waals surface area (Å²) in [5, 5.41) is 0.566. The van der Waals surface area contributed by atoms with Gasteiger partial charge in [0, 0.05) is 41.8 Å². The number of nitrogens with zero attached hydrogens (tertiary/aromatic N) is 2. The molecule has 0 radical (unpaired) electrons. The standard InChI is InChI=1S/C31H40ClN3O8SSi/c1-17(36)35-22-14-34-24-23(21(15-42-29(33)39)31(34,40-5)28(22)35)26(38)27(41-12-13-43-45(6,7)30(2,3)4)20(25(24)37)16-44-19-10-8-18(32)9-11-19/h8-11,21-22,28H,12-16H2,1-7H3,(H2,33,39)/t21-,22+,28+,31-,35?/m1/s1. The Balaban J connectivity index is 1.50. The highest BCUT2D eigenvalue weighted by Crippen LogP contribution is 2.60. The molecule has 14 heteroatoms. The van der Waals surface area contributed by atoms with E-state index in [0.29, 0.717) is 5.02 Å². The summed E-state index contributed by atoms with van der Waals surface area (Å²) in [6, 6.07) is 6.54. The highest BCUT2D eigenvalue weighted by Gasteiger charge is 2.77. The summed E-state index contributed by atoms with van der Waals surface area (Å²) >= 11 is 7.45. The van der Waals surface area contributed by atoms with Crippen molar-refractivity contribution in [2.45, 2.75) is 68.5 Å². The SMILES string of the molecule is CO[C@@]12[C@H](COC(N)=O)C3=C(C(=O)C(CSc4ccc(Cl)cc4)=C(OCCO[Si](C)(C)C(C)(C)C)C3=O)N1C[C@H]1[C@@H]2N1C(C)=O. The summed E-state index contributed by atoms with van der Waals surface area (Å²) in [6.07, 6.45) is -1.03. The maximum atomic E-state index is 14.5. The lowest BCUT2D eigenvalue weighted by Gasteiger charge is -2.40. The van der Waals surface area contributed by atoms with Gasteiger partial charge in [0.1, 0.15) is 19.3 Å². The van der Waals surface area contributed by atoms with Gasteiger partial charge in [-0.25, -0.2) is 4.79 Å². The van der Waals surface area contributed by atoms with Crippen molar-refractivity contribution in [2.75, 3.05) is 39.2 Å². The van der Waals surface area contributed by atoms with Gasteiger partial charge < -0.3 is 34.2 Å². The lowest BCUT2D eigenvalue weighted by Crippen LogP contribution is -2.56. The van der Waals surface area contributed by atoms with E-state index in [2.05, 4.69) is 33.9 Å². The zero-order valence-electron chi connectivity index (χ0n) is 26.6. The molecule has 4 atom stereocenters. The number of allylic oxidation sites excluding steroid dienone is 2. The van der Waals surface area contributed by atoms with Gasteiger partial charge in [-0.05, 0) is 42.4 Å². The first-order valence-corrected chi connectivity index (χ1v) is 19.1. The number of carbonyl (C=O) groups is 4. The van der Waals surface area contributed by atoms with Crippen LogP contribution < -0.4 is 5.73 Å². The fraction of sp³-hybridized carbons (Fsp3) is 0.548. The number of nitrogens with two attached hydrogens (primary N) is 1. The molecule has 2 saturated heterocycles. The third kappa shape index (κ3) is 5.71. The molecule has 11 nitrogen and oxygen atoms in total. The molecule has 2 amide bonds. The smallest absolute Gasteiger partial charge is 0.404 e. The number of rotatable bonds is 11. The van der Waals surface area contributed by atoms with Crippen molar-refractivity contribution < 1.29 is 37.8 Å². The number of ether oxygens (including phenoxy) is 3. The van der Waals surface area contributed by atoms with Crippen LogP contribution in [0, 0.1) is 5.92 Å². The quantitative estimate of drug-likeness (QED) is 0.120. The third-order valence-corrected chi connectivity index (χ3v) is 15.4. The first kappa shape index (κ1) is 33.5. The minimum atomic E-state index is -2.09. The number of ketones is 2. The monoisotopic (exact) mass is 677 g/mol. The van der Waals surface area contributed by atoms with Crippen molar-refractivity contribution in [3.05, 3.63) is 51.9 Å². The summed E-state index contributed by atoms with van der Waals surface area (Å²) in [6.45, 7) is 12.4. The second-order valence-electron chi connectivity index (χ2n) is 13.1. The van der Waals surface area contributed by atoms with E-state index in [1.54, 1.807) is 21.9 Å². The number of hydrogen-bond donors (Lipinski definition) is 1. The number of methoxy groups -OCH3 is 1. The van der Waals surface area contributed by atoms with Gasteiger partial charge in [-0.2, -0.15) is 0 Å². The van der Waals surface area contributed by atoms with Crippen LogP contribution in [-0.4, -0.2) is 98.7 Å². The molecule has 3 aliphatic heterocycles. The van der Waals surface area contributed by atoms with Gasteiger partial charge in [0.25, 0.3) is 0 Å². The summed E-state index contributed by atoms with van der Waals surface area (Å²) < 4.78 is 23.8.